The fraction of sp³-hybridized carbons (Fsp3) is 0.500. The summed E-state index contributed by atoms with van der Waals surface area (Å²) >= 11 is 0. The van der Waals surface area contributed by atoms with Crippen molar-refractivity contribution in [3.8, 4) is 11.3 Å². The van der Waals surface area contributed by atoms with Crippen molar-refractivity contribution in [1.29, 1.82) is 0 Å². The minimum absolute atomic E-state index is 0.0413. The first-order chi connectivity index (χ1) is 15.5. The summed E-state index contributed by atoms with van der Waals surface area (Å²) in [6.45, 7) is 1.80. The summed E-state index contributed by atoms with van der Waals surface area (Å²) in [5.74, 6) is 1.64. The Morgan fingerprint density at radius 1 is 1.19 bits per heavy atom. The molecule has 3 aromatic rings. The van der Waals surface area contributed by atoms with Crippen LogP contribution in [0, 0.1) is 12.8 Å². The van der Waals surface area contributed by atoms with Crippen molar-refractivity contribution in [3.63, 3.8) is 0 Å². The molecule has 1 amide bonds. The van der Waals surface area contributed by atoms with Crippen molar-refractivity contribution in [1.82, 2.24) is 20.1 Å². The van der Waals surface area contributed by atoms with E-state index >= 15 is 0 Å². The first-order valence-corrected chi connectivity index (χ1v) is 11.2. The van der Waals surface area contributed by atoms with E-state index < -0.39 is 6.43 Å². The Labute approximate surface area is 185 Å². The van der Waals surface area contributed by atoms with Crippen LogP contribution in [0.1, 0.15) is 50.1 Å². The number of oxazole rings is 1. The molecule has 2 bridgehead atoms. The molecule has 8 heteroatoms. The fourth-order valence-electron chi connectivity index (χ4n) is 5.36. The molecule has 0 radical (unpaired) electrons. The molecule has 0 aliphatic carbocycles. The van der Waals surface area contributed by atoms with E-state index in [1.54, 1.807) is 13.1 Å². The SMILES string of the molecule is Cc1ncc(-c2ccc3nnc(CC(=O)N4[C@@H]5CC[C@H]4CC(CCC(F)F)C5)cc3c2)o1. The second-order valence-electron chi connectivity index (χ2n) is 9.02. The van der Waals surface area contributed by atoms with Gasteiger partial charge in [-0.3, -0.25) is 4.79 Å². The molecule has 2 aromatic heterocycles. The molecule has 6 nitrogen and oxygen atoms in total. The highest BCUT2D eigenvalue weighted by Gasteiger charge is 2.42. The minimum atomic E-state index is -2.24. The van der Waals surface area contributed by atoms with Crippen LogP contribution in [-0.4, -0.2) is 44.5 Å². The van der Waals surface area contributed by atoms with Gasteiger partial charge in [0, 0.05) is 36.4 Å². The van der Waals surface area contributed by atoms with Gasteiger partial charge in [-0.1, -0.05) is 0 Å². The molecule has 5 rings (SSSR count). The Bertz CT molecular complexity index is 1120. The molecule has 2 aliphatic rings. The number of aromatic nitrogens is 3. The van der Waals surface area contributed by atoms with Gasteiger partial charge in [-0.15, -0.1) is 0 Å². The lowest BCUT2D eigenvalue weighted by Gasteiger charge is -2.39. The highest BCUT2D eigenvalue weighted by atomic mass is 19.3. The van der Waals surface area contributed by atoms with Crippen LogP contribution in [0.15, 0.2) is 34.9 Å². The number of fused-ring (bicyclic) bond motifs is 3. The molecule has 0 N–H and O–H groups in total. The van der Waals surface area contributed by atoms with Crippen molar-refractivity contribution >= 4 is 16.8 Å². The molecule has 2 saturated heterocycles. The van der Waals surface area contributed by atoms with Gasteiger partial charge in [-0.2, -0.15) is 10.2 Å². The summed E-state index contributed by atoms with van der Waals surface area (Å²) in [4.78, 5) is 19.3. The number of carbonyl (C=O) groups excluding carboxylic acids is 1. The predicted octanol–water partition coefficient (Wildman–Crippen LogP) is 4.95. The molecular formula is C24H26F2N4O2. The third-order valence-corrected chi connectivity index (χ3v) is 6.79. The summed E-state index contributed by atoms with van der Waals surface area (Å²) < 4.78 is 30.8. The molecular weight excluding hydrogens is 414 g/mol. The van der Waals surface area contributed by atoms with Crippen LogP contribution in [0.4, 0.5) is 8.78 Å². The van der Waals surface area contributed by atoms with E-state index in [9.17, 15) is 13.6 Å². The number of hydrogen-bond acceptors (Lipinski definition) is 5. The molecule has 4 heterocycles. The summed E-state index contributed by atoms with van der Waals surface area (Å²) in [6.07, 6.45) is 3.75. The lowest BCUT2D eigenvalue weighted by molar-refractivity contribution is -0.135. The zero-order valence-electron chi connectivity index (χ0n) is 18.0. The standard InChI is InChI=1S/C24H26F2N4O2/c1-14-27-13-22(32-14)16-3-6-21-17(10-16)11-18(28-29-21)12-24(31)30-19-4-5-20(30)9-15(8-19)2-7-23(25)26/h3,6,10-11,13,15,19-20,23H,2,4-5,7-9,12H2,1H3/t15?,19-,20+. The van der Waals surface area contributed by atoms with Crippen molar-refractivity contribution in [2.24, 2.45) is 5.92 Å². The van der Waals surface area contributed by atoms with E-state index in [1.807, 2.05) is 29.2 Å². The highest BCUT2D eigenvalue weighted by molar-refractivity contribution is 5.85. The molecule has 0 spiro atoms. The van der Waals surface area contributed by atoms with E-state index in [2.05, 4.69) is 15.2 Å². The van der Waals surface area contributed by atoms with Gasteiger partial charge in [0.2, 0.25) is 12.3 Å². The Kier molecular flexibility index (Phi) is 5.61. The van der Waals surface area contributed by atoms with E-state index in [1.165, 1.54) is 0 Å². The summed E-state index contributed by atoms with van der Waals surface area (Å²) in [5, 5.41) is 9.45. The monoisotopic (exact) mass is 440 g/mol. The zero-order chi connectivity index (χ0) is 22.2. The molecule has 2 fully saturated rings. The Morgan fingerprint density at radius 3 is 2.66 bits per heavy atom. The molecule has 1 aromatic carbocycles. The van der Waals surface area contributed by atoms with Gasteiger partial charge < -0.3 is 9.32 Å². The maximum absolute atomic E-state index is 13.1. The Morgan fingerprint density at radius 2 is 1.97 bits per heavy atom. The van der Waals surface area contributed by atoms with Crippen LogP contribution < -0.4 is 0 Å². The maximum atomic E-state index is 13.1. The third kappa shape index (κ3) is 4.23. The van der Waals surface area contributed by atoms with Crippen LogP contribution in [-0.2, 0) is 11.2 Å². The minimum Gasteiger partial charge on any atom is -0.441 e. The summed E-state index contributed by atoms with van der Waals surface area (Å²) in [6, 6.07) is 8.00. The van der Waals surface area contributed by atoms with Gasteiger partial charge in [0.25, 0.3) is 0 Å². The number of aryl methyl sites for hydroxylation is 1. The molecule has 32 heavy (non-hydrogen) atoms. The van der Waals surface area contributed by atoms with Crippen molar-refractivity contribution in [2.45, 2.75) is 70.4 Å². The van der Waals surface area contributed by atoms with Gasteiger partial charge in [-0.05, 0) is 62.3 Å². The number of halogens is 2. The Balaban J connectivity index is 1.29. The van der Waals surface area contributed by atoms with Gasteiger partial charge in [0.1, 0.15) is 0 Å². The average Bonchev–Trinajstić information content (AvgIpc) is 3.32. The zero-order valence-corrected chi connectivity index (χ0v) is 18.0. The van der Waals surface area contributed by atoms with Gasteiger partial charge in [0.05, 0.1) is 23.8 Å². The van der Waals surface area contributed by atoms with E-state index in [4.69, 9.17) is 4.42 Å². The predicted molar refractivity (Wildman–Crippen MR) is 115 cm³/mol. The van der Waals surface area contributed by atoms with Gasteiger partial charge >= 0.3 is 0 Å². The van der Waals surface area contributed by atoms with Crippen molar-refractivity contribution in [2.75, 3.05) is 0 Å². The van der Waals surface area contributed by atoms with Crippen LogP contribution in [0.5, 0.6) is 0 Å². The summed E-state index contributed by atoms with van der Waals surface area (Å²) in [5.41, 5.74) is 2.28. The molecule has 3 atom stereocenters. The topological polar surface area (TPSA) is 72.1 Å². The number of hydrogen-bond donors (Lipinski definition) is 0. The van der Waals surface area contributed by atoms with E-state index in [0.717, 1.165) is 42.1 Å². The lowest BCUT2D eigenvalue weighted by atomic mass is 9.87. The van der Waals surface area contributed by atoms with E-state index in [0.29, 0.717) is 29.7 Å². The molecule has 168 valence electrons. The number of carbonyl (C=O) groups is 1. The van der Waals surface area contributed by atoms with Gasteiger partial charge in [-0.25, -0.2) is 13.8 Å². The average molecular weight is 440 g/mol. The number of amides is 1. The number of alkyl halides is 2. The van der Waals surface area contributed by atoms with Gasteiger partial charge in [0.15, 0.2) is 11.7 Å². The first kappa shape index (κ1) is 21.0. The van der Waals surface area contributed by atoms with Crippen LogP contribution >= 0.6 is 0 Å². The van der Waals surface area contributed by atoms with Crippen molar-refractivity contribution in [3.05, 3.63) is 42.0 Å². The van der Waals surface area contributed by atoms with E-state index in [-0.39, 0.29) is 30.8 Å². The normalized spacial score (nSPS) is 22.8. The lowest BCUT2D eigenvalue weighted by Crippen LogP contribution is -2.47. The fourth-order valence-corrected chi connectivity index (χ4v) is 5.36. The molecule has 2 aliphatic heterocycles. The van der Waals surface area contributed by atoms with Crippen LogP contribution in [0.25, 0.3) is 22.2 Å². The number of rotatable bonds is 6. The smallest absolute Gasteiger partial charge is 0.238 e. The van der Waals surface area contributed by atoms with Crippen molar-refractivity contribution < 1.29 is 18.0 Å². The summed E-state index contributed by atoms with van der Waals surface area (Å²) in [7, 11) is 0. The largest absolute Gasteiger partial charge is 0.441 e. The molecule has 0 saturated carbocycles. The third-order valence-electron chi connectivity index (χ3n) is 6.79. The molecule has 1 unspecified atom stereocenters. The van der Waals surface area contributed by atoms with Crippen LogP contribution in [0.2, 0.25) is 0 Å². The second kappa shape index (κ2) is 8.56. The second-order valence-corrected chi connectivity index (χ2v) is 9.02. The van der Waals surface area contributed by atoms with Crippen LogP contribution in [0.3, 0.4) is 0 Å². The number of nitrogens with zero attached hydrogens (tertiary/aromatic N) is 4. The highest BCUT2D eigenvalue weighted by Crippen LogP contribution is 2.41. The Hall–Kier alpha value is -2.90. The first-order valence-electron chi connectivity index (χ1n) is 11.2. The quantitative estimate of drug-likeness (QED) is 0.542. The number of benzene rings is 1. The maximum Gasteiger partial charge on any atom is 0.238 e. The number of piperidine rings is 1.